The number of hydrogen-bond donors (Lipinski definition) is 2. The Morgan fingerprint density at radius 3 is 3.18 bits per heavy atom. The van der Waals surface area contributed by atoms with Crippen molar-refractivity contribution >= 4 is 11.3 Å². The van der Waals surface area contributed by atoms with Crippen LogP contribution in [0.2, 0.25) is 0 Å². The largest absolute Gasteiger partial charge is 0.396 e. The molecule has 4 heteroatoms. The second kappa shape index (κ2) is 5.23. The molecule has 0 atom stereocenters. The third-order valence-electron chi connectivity index (χ3n) is 1.30. The van der Waals surface area contributed by atoms with Crippen LogP contribution in [0.4, 0.5) is 0 Å². The van der Waals surface area contributed by atoms with E-state index in [1.807, 2.05) is 10.9 Å². The van der Waals surface area contributed by atoms with E-state index >= 15 is 0 Å². The van der Waals surface area contributed by atoms with Gasteiger partial charge in [-0.3, -0.25) is 0 Å². The van der Waals surface area contributed by atoms with Crippen molar-refractivity contribution < 1.29 is 5.11 Å². The average molecular weight is 172 g/mol. The molecule has 0 aliphatic heterocycles. The summed E-state index contributed by atoms with van der Waals surface area (Å²) in [6.45, 7) is 1.92. The van der Waals surface area contributed by atoms with Gasteiger partial charge in [-0.2, -0.15) is 0 Å². The monoisotopic (exact) mass is 172 g/mol. The van der Waals surface area contributed by atoms with Gasteiger partial charge < -0.3 is 10.4 Å². The molecular formula is C7H12N2OS. The van der Waals surface area contributed by atoms with Crippen LogP contribution in [0.1, 0.15) is 12.1 Å². The highest BCUT2D eigenvalue weighted by Crippen LogP contribution is 1.99. The van der Waals surface area contributed by atoms with E-state index in [-0.39, 0.29) is 6.61 Å². The summed E-state index contributed by atoms with van der Waals surface area (Å²) in [5.41, 5.74) is 2.90. The second-order valence-electron chi connectivity index (χ2n) is 2.23. The van der Waals surface area contributed by atoms with Crippen molar-refractivity contribution in [2.75, 3.05) is 13.2 Å². The van der Waals surface area contributed by atoms with Crippen LogP contribution < -0.4 is 5.32 Å². The summed E-state index contributed by atoms with van der Waals surface area (Å²) in [5, 5.41) is 13.7. The van der Waals surface area contributed by atoms with Gasteiger partial charge in [0.1, 0.15) is 0 Å². The fraction of sp³-hybridized carbons (Fsp3) is 0.571. The van der Waals surface area contributed by atoms with Gasteiger partial charge in [0.2, 0.25) is 0 Å². The van der Waals surface area contributed by atoms with E-state index in [2.05, 4.69) is 10.3 Å². The third-order valence-corrected chi connectivity index (χ3v) is 1.94. The minimum Gasteiger partial charge on any atom is -0.396 e. The predicted octanol–water partition coefficient (Wildman–Crippen LogP) is 0.615. The summed E-state index contributed by atoms with van der Waals surface area (Å²) in [6.07, 6.45) is 0.810. The highest BCUT2D eigenvalue weighted by atomic mass is 32.1. The van der Waals surface area contributed by atoms with E-state index in [1.165, 1.54) is 0 Å². The zero-order chi connectivity index (χ0) is 7.94. The van der Waals surface area contributed by atoms with Crippen molar-refractivity contribution in [3.63, 3.8) is 0 Å². The molecule has 0 aromatic carbocycles. The van der Waals surface area contributed by atoms with E-state index in [9.17, 15) is 0 Å². The van der Waals surface area contributed by atoms with Crippen molar-refractivity contribution in [3.05, 3.63) is 16.6 Å². The highest BCUT2D eigenvalue weighted by Gasteiger charge is 1.92. The fourth-order valence-corrected chi connectivity index (χ4v) is 1.30. The van der Waals surface area contributed by atoms with Gasteiger partial charge in [-0.05, 0) is 13.0 Å². The lowest BCUT2D eigenvalue weighted by Crippen LogP contribution is -2.15. The van der Waals surface area contributed by atoms with Crippen LogP contribution in [-0.4, -0.2) is 23.2 Å². The molecule has 0 aliphatic carbocycles. The van der Waals surface area contributed by atoms with E-state index in [0.717, 1.165) is 25.2 Å². The normalized spacial score (nSPS) is 10.3. The number of aliphatic hydroxyl groups excluding tert-OH is 1. The van der Waals surface area contributed by atoms with Gasteiger partial charge in [0, 0.05) is 18.5 Å². The number of nitrogens with zero attached hydrogens (tertiary/aromatic N) is 1. The Balaban J connectivity index is 2.04. The number of rotatable bonds is 5. The van der Waals surface area contributed by atoms with E-state index in [1.54, 1.807) is 11.3 Å². The summed E-state index contributed by atoms with van der Waals surface area (Å²) in [7, 11) is 0. The van der Waals surface area contributed by atoms with Crippen LogP contribution in [0.15, 0.2) is 10.9 Å². The molecule has 0 saturated carbocycles. The standard InChI is InChI=1S/C7H12N2OS/c10-3-1-2-8-4-7-5-11-6-9-7/h5-6,8,10H,1-4H2. The maximum Gasteiger partial charge on any atom is 0.0795 e. The number of nitrogens with one attached hydrogen (secondary N) is 1. The van der Waals surface area contributed by atoms with E-state index in [4.69, 9.17) is 5.11 Å². The number of aromatic nitrogens is 1. The lowest BCUT2D eigenvalue weighted by Gasteiger charge is -1.98. The molecule has 0 bridgehead atoms. The molecule has 0 saturated heterocycles. The van der Waals surface area contributed by atoms with Gasteiger partial charge >= 0.3 is 0 Å². The van der Waals surface area contributed by atoms with Gasteiger partial charge in [-0.25, -0.2) is 4.98 Å². The first-order valence-corrected chi connectivity index (χ1v) is 4.56. The molecular weight excluding hydrogens is 160 g/mol. The SMILES string of the molecule is OCCCNCc1cscn1. The first-order chi connectivity index (χ1) is 5.43. The minimum absolute atomic E-state index is 0.254. The zero-order valence-electron chi connectivity index (χ0n) is 6.29. The molecule has 2 N–H and O–H groups in total. The predicted molar refractivity (Wildman–Crippen MR) is 45.5 cm³/mol. The molecule has 3 nitrogen and oxygen atoms in total. The number of aliphatic hydroxyl groups is 1. The Kier molecular flexibility index (Phi) is 4.11. The maximum atomic E-state index is 8.47. The summed E-state index contributed by atoms with van der Waals surface area (Å²) < 4.78 is 0. The zero-order valence-corrected chi connectivity index (χ0v) is 7.10. The Hall–Kier alpha value is -0.450. The quantitative estimate of drug-likeness (QED) is 0.640. The molecule has 1 aromatic rings. The molecule has 1 rings (SSSR count). The van der Waals surface area contributed by atoms with Crippen molar-refractivity contribution in [1.29, 1.82) is 0 Å². The molecule has 0 radical (unpaired) electrons. The first-order valence-electron chi connectivity index (χ1n) is 3.62. The summed E-state index contributed by atoms with van der Waals surface area (Å²) in [5.74, 6) is 0. The van der Waals surface area contributed by atoms with Gasteiger partial charge in [-0.1, -0.05) is 0 Å². The van der Waals surface area contributed by atoms with Crippen molar-refractivity contribution in [2.45, 2.75) is 13.0 Å². The van der Waals surface area contributed by atoms with E-state index < -0.39 is 0 Å². The van der Waals surface area contributed by atoms with Crippen molar-refractivity contribution in [2.24, 2.45) is 0 Å². The molecule has 0 aliphatic rings. The molecule has 0 fully saturated rings. The Labute approximate surface area is 70.1 Å². The Morgan fingerprint density at radius 2 is 2.55 bits per heavy atom. The molecule has 1 aromatic heterocycles. The molecule has 0 spiro atoms. The van der Waals surface area contributed by atoms with Crippen LogP contribution >= 0.6 is 11.3 Å². The van der Waals surface area contributed by atoms with Crippen LogP contribution in [0.25, 0.3) is 0 Å². The van der Waals surface area contributed by atoms with Gasteiger partial charge in [0.05, 0.1) is 11.2 Å². The fourth-order valence-electron chi connectivity index (χ4n) is 0.745. The van der Waals surface area contributed by atoms with E-state index in [0.29, 0.717) is 0 Å². The lowest BCUT2D eigenvalue weighted by molar-refractivity contribution is 0.286. The molecule has 11 heavy (non-hydrogen) atoms. The van der Waals surface area contributed by atoms with Crippen LogP contribution in [0.3, 0.4) is 0 Å². The topological polar surface area (TPSA) is 45.1 Å². The van der Waals surface area contributed by atoms with Gasteiger partial charge in [0.15, 0.2) is 0 Å². The Bertz CT molecular complexity index is 177. The molecule has 0 amide bonds. The first kappa shape index (κ1) is 8.64. The van der Waals surface area contributed by atoms with Crippen LogP contribution in [-0.2, 0) is 6.54 Å². The maximum absolute atomic E-state index is 8.47. The summed E-state index contributed by atoms with van der Waals surface area (Å²) >= 11 is 1.60. The van der Waals surface area contributed by atoms with Crippen LogP contribution in [0, 0.1) is 0 Å². The molecule has 62 valence electrons. The highest BCUT2D eigenvalue weighted by molar-refractivity contribution is 7.07. The Morgan fingerprint density at radius 1 is 1.64 bits per heavy atom. The summed E-state index contributed by atoms with van der Waals surface area (Å²) in [6, 6.07) is 0. The lowest BCUT2D eigenvalue weighted by atomic mass is 10.4. The summed E-state index contributed by atoms with van der Waals surface area (Å²) in [4.78, 5) is 4.11. The molecule has 0 unspecified atom stereocenters. The van der Waals surface area contributed by atoms with Crippen molar-refractivity contribution in [3.8, 4) is 0 Å². The third kappa shape index (κ3) is 3.46. The number of thiazole rings is 1. The van der Waals surface area contributed by atoms with Crippen LogP contribution in [0.5, 0.6) is 0 Å². The number of hydrogen-bond acceptors (Lipinski definition) is 4. The molecule has 1 heterocycles. The van der Waals surface area contributed by atoms with Gasteiger partial charge in [0.25, 0.3) is 0 Å². The van der Waals surface area contributed by atoms with Crippen molar-refractivity contribution in [1.82, 2.24) is 10.3 Å². The minimum atomic E-state index is 0.254. The van der Waals surface area contributed by atoms with Gasteiger partial charge in [-0.15, -0.1) is 11.3 Å². The average Bonchev–Trinajstić information content (AvgIpc) is 2.50. The second-order valence-corrected chi connectivity index (χ2v) is 2.95. The smallest absolute Gasteiger partial charge is 0.0795 e.